The van der Waals surface area contributed by atoms with E-state index in [0.29, 0.717) is 30.5 Å². The zero-order chi connectivity index (χ0) is 18.5. The van der Waals surface area contributed by atoms with Crippen LogP contribution >= 0.6 is 11.6 Å². The number of nitrogens with one attached hydrogen (secondary N) is 2. The average Bonchev–Trinajstić information content (AvgIpc) is 2.64. The van der Waals surface area contributed by atoms with Crippen molar-refractivity contribution >= 4 is 29.1 Å². The second-order valence-corrected chi connectivity index (χ2v) is 6.11. The van der Waals surface area contributed by atoms with Gasteiger partial charge >= 0.3 is 0 Å². The smallest absolute Gasteiger partial charge is 0.262 e. The number of hydrogen-bond donors (Lipinski definition) is 2. The SMILES string of the molecule is CCCOc1ccc(CNC(=O)c2cc3c(cc2Cl)NC(=O)CO3)cn1. The molecule has 0 fully saturated rings. The summed E-state index contributed by atoms with van der Waals surface area (Å²) in [6.07, 6.45) is 2.56. The minimum atomic E-state index is -0.343. The zero-order valence-corrected chi connectivity index (χ0v) is 14.9. The Morgan fingerprint density at radius 1 is 1.42 bits per heavy atom. The minimum absolute atomic E-state index is 0.0895. The van der Waals surface area contributed by atoms with Gasteiger partial charge in [-0.05, 0) is 24.1 Å². The van der Waals surface area contributed by atoms with Gasteiger partial charge in [0.2, 0.25) is 5.88 Å². The van der Waals surface area contributed by atoms with E-state index in [4.69, 9.17) is 21.1 Å². The molecule has 2 N–H and O–H groups in total. The first kappa shape index (κ1) is 18.0. The van der Waals surface area contributed by atoms with Crippen molar-refractivity contribution in [1.29, 1.82) is 0 Å². The van der Waals surface area contributed by atoms with Crippen molar-refractivity contribution in [2.75, 3.05) is 18.5 Å². The van der Waals surface area contributed by atoms with Gasteiger partial charge in [-0.1, -0.05) is 24.6 Å². The number of benzene rings is 1. The third kappa shape index (κ3) is 4.23. The second kappa shape index (κ2) is 8.05. The minimum Gasteiger partial charge on any atom is -0.482 e. The molecule has 2 heterocycles. The van der Waals surface area contributed by atoms with Crippen molar-refractivity contribution in [2.24, 2.45) is 0 Å². The quantitative estimate of drug-likeness (QED) is 0.810. The van der Waals surface area contributed by atoms with Crippen LogP contribution in [0.1, 0.15) is 29.3 Å². The maximum atomic E-state index is 12.4. The molecule has 3 rings (SSSR count). The molecular weight excluding hydrogens is 358 g/mol. The summed E-state index contributed by atoms with van der Waals surface area (Å²) in [5.74, 6) is 0.367. The van der Waals surface area contributed by atoms with Gasteiger partial charge < -0.3 is 20.1 Å². The van der Waals surface area contributed by atoms with E-state index in [-0.39, 0.29) is 29.0 Å². The summed E-state index contributed by atoms with van der Waals surface area (Å²) in [7, 11) is 0. The summed E-state index contributed by atoms with van der Waals surface area (Å²) in [4.78, 5) is 27.9. The summed E-state index contributed by atoms with van der Waals surface area (Å²) in [5, 5.41) is 5.66. The Morgan fingerprint density at radius 3 is 3.00 bits per heavy atom. The normalized spacial score (nSPS) is 12.6. The molecule has 0 bridgehead atoms. The van der Waals surface area contributed by atoms with Crippen LogP contribution in [0.3, 0.4) is 0 Å². The molecule has 0 saturated carbocycles. The lowest BCUT2D eigenvalue weighted by atomic mass is 10.1. The average molecular weight is 376 g/mol. The van der Waals surface area contributed by atoms with Crippen LogP contribution in [0.15, 0.2) is 30.5 Å². The third-order valence-electron chi connectivity index (χ3n) is 3.65. The molecule has 0 atom stereocenters. The second-order valence-electron chi connectivity index (χ2n) is 5.70. The van der Waals surface area contributed by atoms with Crippen molar-refractivity contribution in [1.82, 2.24) is 10.3 Å². The predicted octanol–water partition coefficient (Wildman–Crippen LogP) is 2.78. The molecule has 0 aliphatic carbocycles. The number of carbonyl (C=O) groups is 2. The molecule has 2 amide bonds. The number of halogens is 1. The molecule has 8 heteroatoms. The number of amides is 2. The van der Waals surface area contributed by atoms with E-state index < -0.39 is 0 Å². The zero-order valence-electron chi connectivity index (χ0n) is 14.2. The number of ether oxygens (including phenoxy) is 2. The number of rotatable bonds is 6. The molecule has 1 aromatic heterocycles. The highest BCUT2D eigenvalue weighted by Crippen LogP contribution is 2.33. The van der Waals surface area contributed by atoms with Crippen molar-refractivity contribution < 1.29 is 19.1 Å². The number of fused-ring (bicyclic) bond motifs is 1. The lowest BCUT2D eigenvalue weighted by molar-refractivity contribution is -0.118. The van der Waals surface area contributed by atoms with Crippen LogP contribution in [0.2, 0.25) is 5.02 Å². The molecule has 1 aromatic carbocycles. The molecule has 1 aliphatic heterocycles. The van der Waals surface area contributed by atoms with Gasteiger partial charge in [0.05, 0.1) is 22.9 Å². The molecule has 2 aromatic rings. The van der Waals surface area contributed by atoms with Gasteiger partial charge in [-0.25, -0.2) is 4.98 Å². The Kier molecular flexibility index (Phi) is 5.58. The highest BCUT2D eigenvalue weighted by Gasteiger charge is 2.20. The maximum Gasteiger partial charge on any atom is 0.262 e. The number of pyridine rings is 1. The lowest BCUT2D eigenvalue weighted by Gasteiger charge is -2.19. The molecular formula is C18H18ClN3O4. The first-order valence-corrected chi connectivity index (χ1v) is 8.56. The van der Waals surface area contributed by atoms with Crippen molar-refractivity contribution in [2.45, 2.75) is 19.9 Å². The third-order valence-corrected chi connectivity index (χ3v) is 3.96. The Bertz CT molecular complexity index is 824. The van der Waals surface area contributed by atoms with Crippen LogP contribution in [0.5, 0.6) is 11.6 Å². The van der Waals surface area contributed by atoms with Crippen molar-refractivity contribution in [3.63, 3.8) is 0 Å². The first-order valence-electron chi connectivity index (χ1n) is 8.19. The fourth-order valence-electron chi connectivity index (χ4n) is 2.36. The van der Waals surface area contributed by atoms with E-state index in [1.165, 1.54) is 12.1 Å². The fourth-order valence-corrected chi connectivity index (χ4v) is 2.61. The maximum absolute atomic E-state index is 12.4. The highest BCUT2D eigenvalue weighted by atomic mass is 35.5. The van der Waals surface area contributed by atoms with Crippen LogP contribution in [0, 0.1) is 0 Å². The van der Waals surface area contributed by atoms with Crippen LogP contribution in [-0.2, 0) is 11.3 Å². The van der Waals surface area contributed by atoms with Gasteiger partial charge in [0.1, 0.15) is 5.75 Å². The molecule has 1 aliphatic rings. The molecule has 7 nitrogen and oxygen atoms in total. The van der Waals surface area contributed by atoms with E-state index in [1.54, 1.807) is 12.3 Å². The fraction of sp³-hybridized carbons (Fsp3) is 0.278. The summed E-state index contributed by atoms with van der Waals surface area (Å²) < 4.78 is 10.7. The standard InChI is InChI=1S/C18H18ClN3O4/c1-2-5-25-17-4-3-11(8-20-17)9-21-18(24)12-6-15-14(7-13(12)19)22-16(23)10-26-15/h3-4,6-8H,2,5,9-10H2,1H3,(H,21,24)(H,22,23). The summed E-state index contributed by atoms with van der Waals surface area (Å²) in [6, 6.07) is 6.63. The van der Waals surface area contributed by atoms with Crippen LogP contribution in [-0.4, -0.2) is 30.0 Å². The number of anilines is 1. The number of aromatic nitrogens is 1. The summed E-state index contributed by atoms with van der Waals surface area (Å²) in [5.41, 5.74) is 1.56. The summed E-state index contributed by atoms with van der Waals surface area (Å²) in [6.45, 7) is 2.84. The monoisotopic (exact) mass is 375 g/mol. The molecule has 26 heavy (non-hydrogen) atoms. The van der Waals surface area contributed by atoms with Crippen molar-refractivity contribution in [3.8, 4) is 11.6 Å². The number of hydrogen-bond acceptors (Lipinski definition) is 5. The van der Waals surface area contributed by atoms with Crippen molar-refractivity contribution in [3.05, 3.63) is 46.6 Å². The highest BCUT2D eigenvalue weighted by molar-refractivity contribution is 6.34. The largest absolute Gasteiger partial charge is 0.482 e. The molecule has 0 unspecified atom stereocenters. The Hall–Kier alpha value is -2.80. The van der Waals surface area contributed by atoms with Gasteiger partial charge in [0, 0.05) is 18.8 Å². The Morgan fingerprint density at radius 2 is 2.27 bits per heavy atom. The Labute approximate surface area is 155 Å². The Balaban J connectivity index is 1.64. The summed E-state index contributed by atoms with van der Waals surface area (Å²) >= 11 is 6.16. The molecule has 0 spiro atoms. The van der Waals surface area contributed by atoms with E-state index >= 15 is 0 Å². The van der Waals surface area contributed by atoms with Crippen LogP contribution in [0.4, 0.5) is 5.69 Å². The van der Waals surface area contributed by atoms with Gasteiger partial charge in [-0.15, -0.1) is 0 Å². The number of nitrogens with zero attached hydrogens (tertiary/aromatic N) is 1. The van der Waals surface area contributed by atoms with E-state index in [1.807, 2.05) is 13.0 Å². The molecule has 0 radical (unpaired) electrons. The van der Waals surface area contributed by atoms with Gasteiger partial charge in [0.15, 0.2) is 6.61 Å². The van der Waals surface area contributed by atoms with E-state index in [2.05, 4.69) is 15.6 Å². The molecule has 136 valence electrons. The van der Waals surface area contributed by atoms with E-state index in [0.717, 1.165) is 12.0 Å². The van der Waals surface area contributed by atoms with E-state index in [9.17, 15) is 9.59 Å². The van der Waals surface area contributed by atoms with Gasteiger partial charge in [0.25, 0.3) is 11.8 Å². The topological polar surface area (TPSA) is 89.6 Å². The first-order chi connectivity index (χ1) is 12.6. The van der Waals surface area contributed by atoms with Crippen LogP contribution in [0.25, 0.3) is 0 Å². The van der Waals surface area contributed by atoms with Gasteiger partial charge in [-0.3, -0.25) is 9.59 Å². The molecule has 0 saturated heterocycles. The lowest BCUT2D eigenvalue weighted by Crippen LogP contribution is -2.27. The number of carbonyl (C=O) groups excluding carboxylic acids is 2. The van der Waals surface area contributed by atoms with Crippen LogP contribution < -0.4 is 20.1 Å². The van der Waals surface area contributed by atoms with Gasteiger partial charge in [-0.2, -0.15) is 0 Å². The predicted molar refractivity (Wildman–Crippen MR) is 96.8 cm³/mol.